The molecule has 3 rings (SSSR count). The maximum atomic E-state index is 9.78. The number of hydrogen-bond acceptors (Lipinski definition) is 6. The van der Waals surface area contributed by atoms with Crippen LogP contribution in [0.25, 0.3) is 0 Å². The highest BCUT2D eigenvalue weighted by atomic mass is 35.5. The number of halogens is 1. The number of hydrogen-bond donors (Lipinski definition) is 3. The fourth-order valence-corrected chi connectivity index (χ4v) is 2.76. The number of nitrogens with zero attached hydrogens (tertiary/aromatic N) is 3. The van der Waals surface area contributed by atoms with Crippen LogP contribution in [0.4, 0.5) is 0 Å². The summed E-state index contributed by atoms with van der Waals surface area (Å²) < 4.78 is 10.7. The zero-order valence-corrected chi connectivity index (χ0v) is 13.8. The van der Waals surface area contributed by atoms with E-state index >= 15 is 0 Å². The van der Waals surface area contributed by atoms with E-state index in [0.717, 1.165) is 11.1 Å². The van der Waals surface area contributed by atoms with Gasteiger partial charge in [0.05, 0.1) is 6.61 Å². The van der Waals surface area contributed by atoms with Gasteiger partial charge in [-0.25, -0.2) is 0 Å². The molecular weight excluding hydrogens is 336 g/mol. The van der Waals surface area contributed by atoms with Gasteiger partial charge in [-0.15, -0.1) is 10.2 Å². The zero-order valence-electron chi connectivity index (χ0n) is 13.0. The van der Waals surface area contributed by atoms with Crippen LogP contribution < -0.4 is 5.73 Å². The second-order valence-electron chi connectivity index (χ2n) is 5.86. The van der Waals surface area contributed by atoms with Crippen molar-refractivity contribution >= 4 is 17.4 Å². The SMILES string of the molecule is Cc1ccc(C/C(N)=N/N=N/C2OC(CO)C(O)C3OC23)cc1Cl. The molecule has 0 bridgehead atoms. The van der Waals surface area contributed by atoms with Gasteiger partial charge in [-0.2, -0.15) is 0 Å². The van der Waals surface area contributed by atoms with Crippen molar-refractivity contribution in [3.05, 3.63) is 34.3 Å². The number of benzene rings is 1. The number of epoxide rings is 1. The van der Waals surface area contributed by atoms with Gasteiger partial charge in [0.25, 0.3) is 0 Å². The molecule has 0 aromatic heterocycles. The van der Waals surface area contributed by atoms with Crippen molar-refractivity contribution in [2.75, 3.05) is 6.61 Å². The quantitative estimate of drug-likeness (QED) is 0.237. The first kappa shape index (κ1) is 17.2. The van der Waals surface area contributed by atoms with Gasteiger partial charge in [0.15, 0.2) is 6.23 Å². The molecule has 5 unspecified atom stereocenters. The first-order valence-corrected chi connectivity index (χ1v) is 7.94. The minimum atomic E-state index is -0.855. The summed E-state index contributed by atoms with van der Waals surface area (Å²) in [6.07, 6.45) is -2.65. The van der Waals surface area contributed by atoms with Crippen LogP contribution in [0.15, 0.2) is 33.6 Å². The minimum absolute atomic E-state index is 0.279. The van der Waals surface area contributed by atoms with Gasteiger partial charge in [-0.1, -0.05) is 23.7 Å². The average molecular weight is 355 g/mol. The molecule has 5 atom stereocenters. The van der Waals surface area contributed by atoms with Crippen LogP contribution in [-0.4, -0.2) is 53.3 Å². The van der Waals surface area contributed by atoms with E-state index in [4.69, 9.17) is 31.9 Å². The van der Waals surface area contributed by atoms with Crippen molar-refractivity contribution < 1.29 is 19.7 Å². The molecule has 0 spiro atoms. The standard InChI is InChI=1S/C15H19ClN4O4/c1-7-2-3-8(4-9(7)16)5-11(17)18-20-19-15-14-13(24-14)12(22)10(6-21)23-15/h2-4,10,12-15,21-22H,5-6H2,1H3,(H2,17,18,19). The van der Waals surface area contributed by atoms with Gasteiger partial charge >= 0.3 is 0 Å². The summed E-state index contributed by atoms with van der Waals surface area (Å²) in [6, 6.07) is 5.66. The van der Waals surface area contributed by atoms with Crippen molar-refractivity contribution in [2.45, 2.75) is 44.0 Å². The first-order chi connectivity index (χ1) is 11.5. The molecule has 0 radical (unpaired) electrons. The van der Waals surface area contributed by atoms with Crippen LogP contribution in [0.2, 0.25) is 5.02 Å². The molecule has 130 valence electrons. The number of amidine groups is 1. The van der Waals surface area contributed by atoms with Crippen molar-refractivity contribution in [1.82, 2.24) is 0 Å². The highest BCUT2D eigenvalue weighted by molar-refractivity contribution is 6.31. The van der Waals surface area contributed by atoms with E-state index in [1.54, 1.807) is 0 Å². The third-order valence-corrected chi connectivity index (χ3v) is 4.42. The second-order valence-corrected chi connectivity index (χ2v) is 6.27. The normalized spacial score (nSPS) is 32.8. The van der Waals surface area contributed by atoms with E-state index in [0.29, 0.717) is 11.4 Å². The summed E-state index contributed by atoms with van der Waals surface area (Å²) in [5.74, 6) is 0.279. The highest BCUT2D eigenvalue weighted by Crippen LogP contribution is 2.37. The fourth-order valence-electron chi connectivity index (χ4n) is 2.56. The van der Waals surface area contributed by atoms with Crippen LogP contribution >= 0.6 is 11.6 Å². The first-order valence-electron chi connectivity index (χ1n) is 7.56. The molecule has 2 aliphatic rings. The summed E-state index contributed by atoms with van der Waals surface area (Å²) in [6.45, 7) is 1.60. The van der Waals surface area contributed by atoms with E-state index < -0.39 is 18.4 Å². The Balaban J connectivity index is 1.58. The molecule has 1 aromatic carbocycles. The lowest BCUT2D eigenvalue weighted by atomic mass is 10.1. The average Bonchev–Trinajstić information content (AvgIpc) is 3.34. The monoisotopic (exact) mass is 354 g/mol. The lowest BCUT2D eigenvalue weighted by Gasteiger charge is -2.26. The fraction of sp³-hybridized carbons (Fsp3) is 0.533. The van der Waals surface area contributed by atoms with Gasteiger partial charge in [0.2, 0.25) is 0 Å². The highest BCUT2D eigenvalue weighted by Gasteiger charge is 2.57. The lowest BCUT2D eigenvalue weighted by molar-refractivity contribution is -0.117. The Kier molecular flexibility index (Phi) is 5.12. The van der Waals surface area contributed by atoms with Crippen molar-refractivity contribution in [1.29, 1.82) is 0 Å². The van der Waals surface area contributed by atoms with Crippen LogP contribution in [0.5, 0.6) is 0 Å². The maximum Gasteiger partial charge on any atom is 0.199 e. The van der Waals surface area contributed by atoms with Gasteiger partial charge in [0, 0.05) is 11.4 Å². The van der Waals surface area contributed by atoms with E-state index in [1.807, 2.05) is 25.1 Å². The van der Waals surface area contributed by atoms with Gasteiger partial charge in [-0.05, 0) is 29.3 Å². The molecular formula is C15H19ClN4O4. The molecule has 2 fully saturated rings. The van der Waals surface area contributed by atoms with E-state index in [1.165, 1.54) is 0 Å². The van der Waals surface area contributed by atoms with E-state index in [9.17, 15) is 5.11 Å². The number of fused-ring (bicyclic) bond motifs is 1. The van der Waals surface area contributed by atoms with Crippen molar-refractivity contribution in [3.8, 4) is 0 Å². The summed E-state index contributed by atoms with van der Waals surface area (Å²) >= 11 is 6.07. The Morgan fingerprint density at radius 1 is 1.33 bits per heavy atom. The Labute approximate surface area is 143 Å². The predicted molar refractivity (Wildman–Crippen MR) is 86.8 cm³/mol. The van der Waals surface area contributed by atoms with E-state index in [-0.39, 0.29) is 24.7 Å². The molecule has 2 aliphatic heterocycles. The molecule has 8 nitrogen and oxygen atoms in total. The van der Waals surface area contributed by atoms with Gasteiger partial charge in [0.1, 0.15) is 30.3 Å². The Morgan fingerprint density at radius 3 is 2.83 bits per heavy atom. The third-order valence-electron chi connectivity index (χ3n) is 4.01. The third kappa shape index (κ3) is 3.73. The number of aryl methyl sites for hydroxylation is 1. The molecule has 0 saturated carbocycles. The Hall–Kier alpha value is -1.58. The molecule has 9 heteroatoms. The molecule has 24 heavy (non-hydrogen) atoms. The number of aliphatic hydroxyl groups is 2. The van der Waals surface area contributed by atoms with Crippen molar-refractivity contribution in [2.24, 2.45) is 21.2 Å². The summed E-state index contributed by atoms with van der Waals surface area (Å²) in [5.41, 5.74) is 7.74. The minimum Gasteiger partial charge on any atom is -0.394 e. The molecule has 0 aliphatic carbocycles. The lowest BCUT2D eigenvalue weighted by Crippen LogP contribution is -2.46. The van der Waals surface area contributed by atoms with Crippen LogP contribution in [0.1, 0.15) is 11.1 Å². The van der Waals surface area contributed by atoms with Gasteiger partial charge in [-0.3, -0.25) is 0 Å². The number of nitrogens with two attached hydrogens (primary N) is 1. The topological polar surface area (TPSA) is 125 Å². The van der Waals surface area contributed by atoms with E-state index in [2.05, 4.69) is 15.4 Å². The van der Waals surface area contributed by atoms with Gasteiger partial charge < -0.3 is 25.4 Å². The largest absolute Gasteiger partial charge is 0.394 e. The zero-order chi connectivity index (χ0) is 17.3. The number of ether oxygens (including phenoxy) is 2. The summed E-state index contributed by atoms with van der Waals surface area (Å²) in [7, 11) is 0. The van der Waals surface area contributed by atoms with Crippen LogP contribution in [0.3, 0.4) is 0 Å². The van der Waals surface area contributed by atoms with Crippen molar-refractivity contribution in [3.63, 3.8) is 0 Å². The number of rotatable bonds is 5. The molecule has 2 heterocycles. The van der Waals surface area contributed by atoms with Crippen LogP contribution in [-0.2, 0) is 15.9 Å². The second kappa shape index (κ2) is 7.12. The summed E-state index contributed by atoms with van der Waals surface area (Å²) in [5, 5.41) is 31.0. The maximum absolute atomic E-state index is 9.78. The predicted octanol–water partition coefficient (Wildman–Crippen LogP) is 0.761. The molecule has 2 saturated heterocycles. The molecule has 1 aromatic rings. The smallest absolute Gasteiger partial charge is 0.199 e. The summed E-state index contributed by atoms with van der Waals surface area (Å²) in [4.78, 5) is 0. The molecule has 4 N–H and O–H groups in total. The van der Waals surface area contributed by atoms with Crippen LogP contribution in [0, 0.1) is 6.92 Å². The Morgan fingerprint density at radius 2 is 2.12 bits per heavy atom. The molecule has 0 amide bonds. The number of aliphatic hydroxyl groups excluding tert-OH is 2. The Bertz CT molecular complexity index is 669.